The van der Waals surface area contributed by atoms with E-state index in [1.54, 1.807) is 13.2 Å². The highest BCUT2D eigenvalue weighted by molar-refractivity contribution is 14.0. The zero-order chi connectivity index (χ0) is 22.3. The Morgan fingerprint density at radius 1 is 1.19 bits per heavy atom. The van der Waals surface area contributed by atoms with E-state index in [0.717, 1.165) is 42.2 Å². The van der Waals surface area contributed by atoms with Crippen molar-refractivity contribution in [3.05, 3.63) is 59.3 Å². The number of guanidine groups is 1. The van der Waals surface area contributed by atoms with Crippen molar-refractivity contribution in [1.29, 1.82) is 0 Å². The molecule has 1 aliphatic heterocycles. The first-order valence-electron chi connectivity index (χ1n) is 10.3. The summed E-state index contributed by atoms with van der Waals surface area (Å²) in [5.74, 6) is 1.56. The van der Waals surface area contributed by atoms with Crippen molar-refractivity contribution in [2.45, 2.75) is 32.2 Å². The van der Waals surface area contributed by atoms with Gasteiger partial charge in [0.25, 0.3) is 0 Å². The summed E-state index contributed by atoms with van der Waals surface area (Å²) in [4.78, 5) is 10.9. The first kappa shape index (κ1) is 26.2. The summed E-state index contributed by atoms with van der Waals surface area (Å²) in [7, 11) is 1.68. The lowest BCUT2D eigenvalue weighted by molar-refractivity contribution is -0.137. The predicted molar refractivity (Wildman–Crippen MR) is 131 cm³/mol. The van der Waals surface area contributed by atoms with Crippen LogP contribution in [0.5, 0.6) is 0 Å². The second kappa shape index (κ2) is 12.2. The maximum Gasteiger partial charge on any atom is 0.416 e. The number of ether oxygens (including phenoxy) is 1. The van der Waals surface area contributed by atoms with Gasteiger partial charge in [-0.2, -0.15) is 13.2 Å². The molecule has 0 aliphatic carbocycles. The van der Waals surface area contributed by atoms with Crippen LogP contribution in [0.4, 0.5) is 19.0 Å². The number of benzene rings is 1. The van der Waals surface area contributed by atoms with Gasteiger partial charge in [-0.3, -0.25) is 4.99 Å². The Morgan fingerprint density at radius 3 is 2.59 bits per heavy atom. The molecule has 0 bridgehead atoms. The van der Waals surface area contributed by atoms with Gasteiger partial charge in [-0.05, 0) is 48.7 Å². The van der Waals surface area contributed by atoms with Crippen LogP contribution in [0.15, 0.2) is 47.6 Å². The SMILES string of the molecule is CN=C(NCCc1ccc(C(F)(F)F)cc1)NCc1ccnc(N2CCOC(C)C2)c1.I. The van der Waals surface area contributed by atoms with Gasteiger partial charge in [0.15, 0.2) is 5.96 Å². The molecule has 1 unspecified atom stereocenters. The van der Waals surface area contributed by atoms with Crippen LogP contribution in [0.25, 0.3) is 0 Å². The third-order valence-electron chi connectivity index (χ3n) is 5.05. The average Bonchev–Trinajstić information content (AvgIpc) is 2.76. The van der Waals surface area contributed by atoms with Gasteiger partial charge in [0.2, 0.25) is 0 Å². The van der Waals surface area contributed by atoms with E-state index in [-0.39, 0.29) is 30.1 Å². The number of anilines is 1. The zero-order valence-corrected chi connectivity index (χ0v) is 20.5. The van der Waals surface area contributed by atoms with E-state index in [1.807, 2.05) is 6.07 Å². The summed E-state index contributed by atoms with van der Waals surface area (Å²) < 4.78 is 43.5. The van der Waals surface area contributed by atoms with Crippen molar-refractivity contribution in [3.63, 3.8) is 0 Å². The third kappa shape index (κ3) is 7.80. The molecule has 2 aromatic rings. The molecule has 6 nitrogen and oxygen atoms in total. The Kier molecular flexibility index (Phi) is 10.0. The van der Waals surface area contributed by atoms with Crippen molar-refractivity contribution in [3.8, 4) is 0 Å². The Bertz CT molecular complexity index is 877. The molecular formula is C22H29F3IN5O. The van der Waals surface area contributed by atoms with Crippen LogP contribution < -0.4 is 15.5 Å². The summed E-state index contributed by atoms with van der Waals surface area (Å²) >= 11 is 0. The van der Waals surface area contributed by atoms with Crippen molar-refractivity contribution in [2.75, 3.05) is 38.2 Å². The van der Waals surface area contributed by atoms with Crippen molar-refractivity contribution in [1.82, 2.24) is 15.6 Å². The molecule has 3 rings (SSSR count). The second-order valence-corrected chi connectivity index (χ2v) is 7.45. The summed E-state index contributed by atoms with van der Waals surface area (Å²) in [5.41, 5.74) is 1.27. The lowest BCUT2D eigenvalue weighted by Gasteiger charge is -2.32. The van der Waals surface area contributed by atoms with E-state index in [9.17, 15) is 13.2 Å². The van der Waals surface area contributed by atoms with Crippen LogP contribution in [-0.4, -0.2) is 50.3 Å². The van der Waals surface area contributed by atoms with Crippen LogP contribution in [0.2, 0.25) is 0 Å². The van der Waals surface area contributed by atoms with Crippen LogP contribution in [-0.2, 0) is 23.9 Å². The highest BCUT2D eigenvalue weighted by Gasteiger charge is 2.29. The molecule has 176 valence electrons. The van der Waals surface area contributed by atoms with Gasteiger partial charge >= 0.3 is 6.18 Å². The Morgan fingerprint density at radius 2 is 1.94 bits per heavy atom. The van der Waals surface area contributed by atoms with Crippen LogP contribution >= 0.6 is 24.0 Å². The largest absolute Gasteiger partial charge is 0.416 e. The molecule has 0 saturated carbocycles. The fraction of sp³-hybridized carbons (Fsp3) is 0.455. The summed E-state index contributed by atoms with van der Waals surface area (Å²) in [6, 6.07) is 9.24. The maximum atomic E-state index is 12.6. The number of aromatic nitrogens is 1. The monoisotopic (exact) mass is 563 g/mol. The number of nitrogens with one attached hydrogen (secondary N) is 2. The molecule has 1 aromatic heterocycles. The van der Waals surface area contributed by atoms with E-state index in [0.29, 0.717) is 32.1 Å². The Balaban J connectivity index is 0.00000363. The van der Waals surface area contributed by atoms with Gasteiger partial charge in [0, 0.05) is 39.4 Å². The van der Waals surface area contributed by atoms with Crippen LogP contribution in [0, 0.1) is 0 Å². The van der Waals surface area contributed by atoms with Gasteiger partial charge in [0.1, 0.15) is 5.82 Å². The number of hydrogen-bond acceptors (Lipinski definition) is 4. The van der Waals surface area contributed by atoms with E-state index in [4.69, 9.17) is 4.74 Å². The minimum Gasteiger partial charge on any atom is -0.375 e. The molecule has 32 heavy (non-hydrogen) atoms. The lowest BCUT2D eigenvalue weighted by atomic mass is 10.1. The highest BCUT2D eigenvalue weighted by Crippen LogP contribution is 2.29. The molecule has 0 amide bonds. The van der Waals surface area contributed by atoms with Gasteiger partial charge in [-0.15, -0.1) is 24.0 Å². The number of aliphatic imine (C=N–C) groups is 1. The van der Waals surface area contributed by atoms with Crippen LogP contribution in [0.3, 0.4) is 0 Å². The van der Waals surface area contributed by atoms with Crippen molar-refractivity contribution >= 4 is 35.8 Å². The molecule has 1 atom stereocenters. The standard InChI is InChI=1S/C22H28F3N5O.HI/c1-16-15-30(11-12-31-16)20-13-18(8-9-27-20)14-29-21(26-2)28-10-7-17-3-5-19(6-4-17)22(23,24)25;/h3-6,8-9,13,16H,7,10-12,14-15H2,1-2H3,(H2,26,28,29);1H. The van der Waals surface area contributed by atoms with E-state index >= 15 is 0 Å². The Hall–Kier alpha value is -2.08. The molecule has 1 aliphatic rings. The molecule has 2 N–H and O–H groups in total. The number of halogens is 4. The zero-order valence-electron chi connectivity index (χ0n) is 18.2. The molecule has 0 radical (unpaired) electrons. The first-order valence-corrected chi connectivity index (χ1v) is 10.3. The van der Waals surface area contributed by atoms with E-state index in [1.165, 1.54) is 12.1 Å². The molecule has 10 heteroatoms. The number of nitrogens with zero attached hydrogens (tertiary/aromatic N) is 3. The number of morpholine rings is 1. The van der Waals surface area contributed by atoms with Gasteiger partial charge < -0.3 is 20.3 Å². The molecule has 2 heterocycles. The molecular weight excluding hydrogens is 534 g/mol. The average molecular weight is 563 g/mol. The number of alkyl halides is 3. The van der Waals surface area contributed by atoms with Crippen molar-refractivity contribution < 1.29 is 17.9 Å². The lowest BCUT2D eigenvalue weighted by Crippen LogP contribution is -2.41. The first-order chi connectivity index (χ1) is 14.8. The molecule has 1 aromatic carbocycles. The summed E-state index contributed by atoms with van der Waals surface area (Å²) in [6.45, 7) is 5.52. The quantitative estimate of drug-likeness (QED) is 0.318. The molecule has 1 saturated heterocycles. The molecule has 0 spiro atoms. The van der Waals surface area contributed by atoms with Crippen LogP contribution in [0.1, 0.15) is 23.6 Å². The number of rotatable bonds is 6. The summed E-state index contributed by atoms with van der Waals surface area (Å²) in [5, 5.41) is 6.45. The van der Waals surface area contributed by atoms with Gasteiger partial charge in [-0.1, -0.05) is 12.1 Å². The minimum atomic E-state index is -4.31. The smallest absolute Gasteiger partial charge is 0.375 e. The normalized spacial score (nSPS) is 17.0. The fourth-order valence-electron chi connectivity index (χ4n) is 3.36. The summed E-state index contributed by atoms with van der Waals surface area (Å²) in [6.07, 6.45) is -1.74. The minimum absolute atomic E-state index is 0. The topological polar surface area (TPSA) is 61.8 Å². The van der Waals surface area contributed by atoms with Gasteiger partial charge in [0.05, 0.1) is 18.3 Å². The predicted octanol–water partition coefficient (Wildman–Crippen LogP) is 3.85. The second-order valence-electron chi connectivity index (χ2n) is 7.45. The Labute approximate surface area is 203 Å². The highest BCUT2D eigenvalue weighted by atomic mass is 127. The van der Waals surface area contributed by atoms with Crippen molar-refractivity contribution in [2.24, 2.45) is 4.99 Å². The number of hydrogen-bond donors (Lipinski definition) is 2. The third-order valence-corrected chi connectivity index (χ3v) is 5.05. The van der Waals surface area contributed by atoms with Gasteiger partial charge in [-0.25, -0.2) is 4.98 Å². The van der Waals surface area contributed by atoms with E-state index < -0.39 is 11.7 Å². The number of pyridine rings is 1. The maximum absolute atomic E-state index is 12.6. The van der Waals surface area contributed by atoms with E-state index in [2.05, 4.69) is 38.5 Å². The molecule has 1 fully saturated rings. The fourth-order valence-corrected chi connectivity index (χ4v) is 3.36.